The third-order valence-electron chi connectivity index (χ3n) is 6.35. The van der Waals surface area contributed by atoms with Crippen molar-refractivity contribution in [2.24, 2.45) is 0 Å². The largest absolute Gasteiger partial charge is 0.354 e. The Kier molecular flexibility index (Phi) is 11.5. The maximum Gasteiger partial charge on any atom is 0.243 e. The SMILES string of the molecule is CCCNC(=O)[C@H](Cc1ccccc1)N(Cc1ccc(F)cc1)C(=O)CCCN(c1ccc(Cl)cc1)S(C)(=O)=O. The molecular weight excluding hydrogens is 553 g/mol. The third-order valence-corrected chi connectivity index (χ3v) is 7.80. The molecule has 1 atom stereocenters. The maximum absolute atomic E-state index is 13.7. The molecule has 0 aliphatic heterocycles. The van der Waals surface area contributed by atoms with Gasteiger partial charge in [-0.25, -0.2) is 12.8 Å². The number of halogens is 2. The molecule has 0 bridgehead atoms. The van der Waals surface area contributed by atoms with Crippen molar-refractivity contribution in [3.05, 3.63) is 101 Å². The molecule has 0 radical (unpaired) electrons. The van der Waals surface area contributed by atoms with Crippen molar-refractivity contribution in [3.8, 4) is 0 Å². The molecule has 3 aromatic carbocycles. The summed E-state index contributed by atoms with van der Waals surface area (Å²) in [6, 6.07) is 20.9. The van der Waals surface area contributed by atoms with E-state index in [9.17, 15) is 22.4 Å². The number of hydrogen-bond donors (Lipinski definition) is 1. The fourth-order valence-corrected chi connectivity index (χ4v) is 5.41. The summed E-state index contributed by atoms with van der Waals surface area (Å²) in [6.45, 7) is 2.58. The van der Waals surface area contributed by atoms with Crippen molar-refractivity contribution < 1.29 is 22.4 Å². The lowest BCUT2D eigenvalue weighted by atomic mass is 10.0. The molecule has 1 N–H and O–H groups in total. The number of anilines is 1. The van der Waals surface area contributed by atoms with Gasteiger partial charge in [0, 0.05) is 37.5 Å². The van der Waals surface area contributed by atoms with Crippen LogP contribution in [-0.2, 0) is 32.6 Å². The molecule has 3 aromatic rings. The second-order valence-corrected chi connectivity index (χ2v) is 11.9. The zero-order valence-corrected chi connectivity index (χ0v) is 24.3. The van der Waals surface area contributed by atoms with Crippen LogP contribution in [0.25, 0.3) is 0 Å². The van der Waals surface area contributed by atoms with Crippen molar-refractivity contribution in [1.29, 1.82) is 0 Å². The number of nitrogens with zero attached hydrogens (tertiary/aromatic N) is 2. The van der Waals surface area contributed by atoms with E-state index in [-0.39, 0.29) is 37.7 Å². The van der Waals surface area contributed by atoms with Crippen LogP contribution < -0.4 is 9.62 Å². The quantitative estimate of drug-likeness (QED) is 0.281. The molecule has 3 rings (SSSR count). The summed E-state index contributed by atoms with van der Waals surface area (Å²) in [5.74, 6) is -0.979. The van der Waals surface area contributed by atoms with Crippen LogP contribution in [0, 0.1) is 5.82 Å². The summed E-state index contributed by atoms with van der Waals surface area (Å²) >= 11 is 5.96. The van der Waals surface area contributed by atoms with Crippen molar-refractivity contribution in [2.75, 3.05) is 23.7 Å². The Morgan fingerprint density at radius 3 is 2.20 bits per heavy atom. The van der Waals surface area contributed by atoms with Gasteiger partial charge >= 0.3 is 0 Å². The van der Waals surface area contributed by atoms with Gasteiger partial charge in [-0.05, 0) is 60.4 Å². The van der Waals surface area contributed by atoms with Gasteiger partial charge in [0.1, 0.15) is 11.9 Å². The highest BCUT2D eigenvalue weighted by atomic mass is 35.5. The zero-order valence-electron chi connectivity index (χ0n) is 22.7. The van der Waals surface area contributed by atoms with E-state index in [0.717, 1.165) is 18.2 Å². The molecule has 0 aliphatic rings. The molecule has 0 spiro atoms. The predicted molar refractivity (Wildman–Crippen MR) is 157 cm³/mol. The summed E-state index contributed by atoms with van der Waals surface area (Å²) in [6.07, 6.45) is 2.37. The minimum Gasteiger partial charge on any atom is -0.354 e. The number of sulfonamides is 1. The van der Waals surface area contributed by atoms with E-state index in [2.05, 4.69) is 5.32 Å². The number of benzene rings is 3. The molecule has 214 valence electrons. The summed E-state index contributed by atoms with van der Waals surface area (Å²) in [5, 5.41) is 3.39. The Morgan fingerprint density at radius 2 is 1.60 bits per heavy atom. The first kappa shape index (κ1) is 31.1. The summed E-state index contributed by atoms with van der Waals surface area (Å²) in [7, 11) is -3.62. The second-order valence-electron chi connectivity index (χ2n) is 9.56. The first-order valence-corrected chi connectivity index (χ1v) is 15.4. The summed E-state index contributed by atoms with van der Waals surface area (Å²) in [4.78, 5) is 28.6. The van der Waals surface area contributed by atoms with Crippen molar-refractivity contribution >= 4 is 39.1 Å². The smallest absolute Gasteiger partial charge is 0.243 e. The Morgan fingerprint density at radius 1 is 0.950 bits per heavy atom. The summed E-state index contributed by atoms with van der Waals surface area (Å²) < 4.78 is 39.8. The van der Waals surface area contributed by atoms with Crippen LogP contribution in [-0.4, -0.2) is 50.5 Å². The predicted octanol–water partition coefficient (Wildman–Crippen LogP) is 5.19. The van der Waals surface area contributed by atoms with Gasteiger partial charge < -0.3 is 10.2 Å². The zero-order chi connectivity index (χ0) is 29.1. The molecule has 0 aliphatic carbocycles. The van der Waals surface area contributed by atoms with E-state index < -0.39 is 21.9 Å². The Bertz CT molecular complexity index is 1350. The lowest BCUT2D eigenvalue weighted by Crippen LogP contribution is -2.50. The van der Waals surface area contributed by atoms with Crippen molar-refractivity contribution in [2.45, 2.75) is 45.2 Å². The number of nitrogens with one attached hydrogen (secondary N) is 1. The van der Waals surface area contributed by atoms with Crippen LogP contribution in [0.15, 0.2) is 78.9 Å². The molecule has 2 amide bonds. The number of amides is 2. The Hall–Kier alpha value is -3.43. The van der Waals surface area contributed by atoms with E-state index in [1.165, 1.54) is 21.3 Å². The third kappa shape index (κ3) is 9.34. The van der Waals surface area contributed by atoms with E-state index >= 15 is 0 Å². The standard InChI is InChI=1S/C30H35ClFN3O4S/c1-3-19-33-30(37)28(21-23-8-5-4-6-9-23)34(22-24-11-15-26(32)16-12-24)29(36)10-7-20-35(40(2,38)39)27-17-13-25(31)14-18-27/h4-6,8-9,11-18,28H,3,7,10,19-22H2,1-2H3,(H,33,37)/t28-/m0/s1. The van der Waals surface area contributed by atoms with Gasteiger partial charge in [-0.1, -0.05) is 61.0 Å². The van der Waals surface area contributed by atoms with E-state index in [1.54, 1.807) is 36.4 Å². The molecule has 0 fully saturated rings. The van der Waals surface area contributed by atoms with Gasteiger partial charge in [-0.2, -0.15) is 0 Å². The number of hydrogen-bond acceptors (Lipinski definition) is 4. The number of carbonyl (C=O) groups excluding carboxylic acids is 2. The first-order chi connectivity index (χ1) is 19.1. The van der Waals surface area contributed by atoms with Gasteiger partial charge in [-0.15, -0.1) is 0 Å². The fraction of sp³-hybridized carbons (Fsp3) is 0.333. The first-order valence-electron chi connectivity index (χ1n) is 13.2. The average Bonchev–Trinajstić information content (AvgIpc) is 2.93. The van der Waals surface area contributed by atoms with Crippen LogP contribution in [0.3, 0.4) is 0 Å². The second kappa shape index (κ2) is 14.8. The van der Waals surface area contributed by atoms with Crippen LogP contribution in [0.2, 0.25) is 5.02 Å². The minimum absolute atomic E-state index is 0.00710. The lowest BCUT2D eigenvalue weighted by molar-refractivity contribution is -0.141. The lowest BCUT2D eigenvalue weighted by Gasteiger charge is -2.32. The summed E-state index contributed by atoms with van der Waals surface area (Å²) in [5.41, 5.74) is 2.01. The number of carbonyl (C=O) groups is 2. The molecular formula is C30H35ClFN3O4S. The van der Waals surface area contributed by atoms with Gasteiger partial charge in [0.25, 0.3) is 0 Å². The van der Waals surface area contributed by atoms with E-state index in [4.69, 9.17) is 11.6 Å². The molecule has 10 heteroatoms. The van der Waals surface area contributed by atoms with Crippen LogP contribution in [0.5, 0.6) is 0 Å². The molecule has 0 saturated carbocycles. The molecule has 0 heterocycles. The highest BCUT2D eigenvalue weighted by Gasteiger charge is 2.30. The monoisotopic (exact) mass is 587 g/mol. The van der Waals surface area contributed by atoms with E-state index in [0.29, 0.717) is 29.2 Å². The van der Waals surface area contributed by atoms with Crippen molar-refractivity contribution in [3.63, 3.8) is 0 Å². The van der Waals surface area contributed by atoms with Crippen LogP contribution >= 0.6 is 11.6 Å². The molecule has 7 nitrogen and oxygen atoms in total. The van der Waals surface area contributed by atoms with Crippen LogP contribution in [0.4, 0.5) is 10.1 Å². The fourth-order valence-electron chi connectivity index (χ4n) is 4.32. The Balaban J connectivity index is 1.85. The minimum atomic E-state index is -3.62. The molecule has 40 heavy (non-hydrogen) atoms. The average molecular weight is 588 g/mol. The topological polar surface area (TPSA) is 86.8 Å². The molecule has 0 aromatic heterocycles. The highest BCUT2D eigenvalue weighted by molar-refractivity contribution is 7.92. The normalized spacial score (nSPS) is 12.0. The highest BCUT2D eigenvalue weighted by Crippen LogP contribution is 2.22. The van der Waals surface area contributed by atoms with Gasteiger partial charge in [0.15, 0.2) is 0 Å². The molecule has 0 saturated heterocycles. The molecule has 0 unspecified atom stereocenters. The Labute approximate surface area is 241 Å². The maximum atomic E-state index is 13.7. The van der Waals surface area contributed by atoms with Gasteiger partial charge in [0.2, 0.25) is 21.8 Å². The van der Waals surface area contributed by atoms with E-state index in [1.807, 2.05) is 37.3 Å². The van der Waals surface area contributed by atoms with Gasteiger partial charge in [0.05, 0.1) is 11.9 Å². The van der Waals surface area contributed by atoms with Crippen molar-refractivity contribution in [1.82, 2.24) is 10.2 Å². The van der Waals surface area contributed by atoms with Gasteiger partial charge in [-0.3, -0.25) is 13.9 Å². The number of rotatable bonds is 14. The van der Waals surface area contributed by atoms with Crippen LogP contribution in [0.1, 0.15) is 37.3 Å².